The normalized spacial score (nSPS) is 28.4. The van der Waals surface area contributed by atoms with Crippen molar-refractivity contribution < 1.29 is 14.6 Å². The van der Waals surface area contributed by atoms with Crippen molar-refractivity contribution in [3.8, 4) is 5.75 Å². The Kier molecular flexibility index (Phi) is 6.77. The van der Waals surface area contributed by atoms with Crippen molar-refractivity contribution in [2.24, 2.45) is 5.92 Å². The highest BCUT2D eigenvalue weighted by Crippen LogP contribution is 2.49. The first-order valence-corrected chi connectivity index (χ1v) is 10.4. The van der Waals surface area contributed by atoms with E-state index in [2.05, 4.69) is 29.3 Å². The number of amides is 1. The number of nitrogens with one attached hydrogen (secondary N) is 1. The molecule has 1 aliphatic heterocycles. The molecule has 0 bridgehead atoms. The monoisotopic (exact) mass is 374 g/mol. The lowest BCUT2D eigenvalue weighted by Crippen LogP contribution is -2.56. The molecule has 27 heavy (non-hydrogen) atoms. The van der Waals surface area contributed by atoms with Gasteiger partial charge in [-0.3, -0.25) is 9.69 Å². The summed E-state index contributed by atoms with van der Waals surface area (Å²) in [6, 6.07) is 8.21. The fourth-order valence-electron chi connectivity index (χ4n) is 4.81. The van der Waals surface area contributed by atoms with Gasteiger partial charge in [0.15, 0.2) is 0 Å². The number of methoxy groups -OCH3 is 1. The van der Waals surface area contributed by atoms with Crippen molar-refractivity contribution >= 4 is 5.91 Å². The van der Waals surface area contributed by atoms with E-state index in [1.807, 2.05) is 12.1 Å². The van der Waals surface area contributed by atoms with E-state index >= 15 is 0 Å². The number of hydrogen-bond donors (Lipinski definition) is 2. The molecule has 150 valence electrons. The molecule has 1 saturated heterocycles. The third-order valence-electron chi connectivity index (χ3n) is 6.33. The van der Waals surface area contributed by atoms with E-state index in [0.29, 0.717) is 6.54 Å². The summed E-state index contributed by atoms with van der Waals surface area (Å²) in [6.07, 6.45) is 6.98. The Morgan fingerprint density at radius 3 is 2.78 bits per heavy atom. The van der Waals surface area contributed by atoms with Crippen LogP contribution in [0.2, 0.25) is 0 Å². The highest BCUT2D eigenvalue weighted by atomic mass is 16.5. The molecule has 0 spiro atoms. The predicted molar refractivity (Wildman–Crippen MR) is 107 cm³/mol. The zero-order valence-corrected chi connectivity index (χ0v) is 16.7. The summed E-state index contributed by atoms with van der Waals surface area (Å²) in [4.78, 5) is 14.7. The standard InChI is InChI=1S/C22H34N2O3/c1-3-4-14-23-20(25)16-24-15-13-22(26)12-6-5-7-19(22)21(24)17-8-10-18(27-2)11-9-17/h8-11,19,21,26H,3-7,12-16H2,1-2H3,(H,23,25)/t19-,21+,22-/m1/s1. The van der Waals surface area contributed by atoms with Gasteiger partial charge in [-0.1, -0.05) is 38.3 Å². The zero-order valence-electron chi connectivity index (χ0n) is 16.7. The van der Waals surface area contributed by atoms with Crippen LogP contribution in [0.4, 0.5) is 0 Å². The Morgan fingerprint density at radius 1 is 1.30 bits per heavy atom. The summed E-state index contributed by atoms with van der Waals surface area (Å²) in [5, 5.41) is 14.3. The number of fused-ring (bicyclic) bond motifs is 1. The van der Waals surface area contributed by atoms with Gasteiger partial charge in [0.1, 0.15) is 5.75 Å². The number of carbonyl (C=O) groups excluding carboxylic acids is 1. The van der Waals surface area contributed by atoms with Crippen LogP contribution in [0.25, 0.3) is 0 Å². The molecule has 2 fully saturated rings. The van der Waals surface area contributed by atoms with Crippen molar-refractivity contribution in [2.75, 3.05) is 26.7 Å². The molecule has 1 aromatic rings. The van der Waals surface area contributed by atoms with Crippen molar-refractivity contribution in [1.29, 1.82) is 0 Å². The molecule has 3 rings (SSSR count). The van der Waals surface area contributed by atoms with E-state index in [9.17, 15) is 9.90 Å². The third-order valence-corrected chi connectivity index (χ3v) is 6.33. The molecule has 0 unspecified atom stereocenters. The number of rotatable bonds is 7. The zero-order chi connectivity index (χ0) is 19.3. The van der Waals surface area contributed by atoms with Crippen LogP contribution in [-0.2, 0) is 4.79 Å². The van der Waals surface area contributed by atoms with Crippen LogP contribution in [0.5, 0.6) is 5.75 Å². The Balaban J connectivity index is 1.81. The largest absolute Gasteiger partial charge is 0.497 e. The second-order valence-electron chi connectivity index (χ2n) is 8.10. The lowest BCUT2D eigenvalue weighted by atomic mass is 9.66. The molecule has 1 saturated carbocycles. The van der Waals surface area contributed by atoms with E-state index in [4.69, 9.17) is 4.74 Å². The summed E-state index contributed by atoms with van der Waals surface area (Å²) in [5.74, 6) is 1.09. The molecule has 0 radical (unpaired) electrons. The highest BCUT2D eigenvalue weighted by Gasteiger charge is 2.49. The second kappa shape index (κ2) is 9.07. The first-order valence-electron chi connectivity index (χ1n) is 10.4. The van der Waals surface area contributed by atoms with Gasteiger partial charge in [-0.2, -0.15) is 0 Å². The predicted octanol–water partition coefficient (Wildman–Crippen LogP) is 3.28. The number of piperidine rings is 1. The fourth-order valence-corrected chi connectivity index (χ4v) is 4.81. The maximum absolute atomic E-state index is 12.5. The summed E-state index contributed by atoms with van der Waals surface area (Å²) in [5.41, 5.74) is 0.570. The minimum Gasteiger partial charge on any atom is -0.497 e. The van der Waals surface area contributed by atoms with Crippen molar-refractivity contribution in [1.82, 2.24) is 10.2 Å². The molecule has 1 heterocycles. The summed E-state index contributed by atoms with van der Waals surface area (Å²) >= 11 is 0. The molecule has 5 nitrogen and oxygen atoms in total. The van der Waals surface area contributed by atoms with Crippen LogP contribution in [-0.4, -0.2) is 48.3 Å². The molecule has 0 aromatic heterocycles. The van der Waals surface area contributed by atoms with Crippen LogP contribution in [0.15, 0.2) is 24.3 Å². The van der Waals surface area contributed by atoms with Crippen molar-refractivity contribution in [2.45, 2.75) is 63.5 Å². The SMILES string of the molecule is CCCCNC(=O)CN1CC[C@]2(O)CCCC[C@@H]2[C@@H]1c1ccc(OC)cc1. The number of unbranched alkanes of at least 4 members (excludes halogenated alkanes) is 1. The summed E-state index contributed by atoms with van der Waals surface area (Å²) in [6.45, 7) is 4.02. The summed E-state index contributed by atoms with van der Waals surface area (Å²) in [7, 11) is 1.67. The van der Waals surface area contributed by atoms with Gasteiger partial charge in [0.25, 0.3) is 0 Å². The number of carbonyl (C=O) groups is 1. The average Bonchev–Trinajstić information content (AvgIpc) is 2.68. The van der Waals surface area contributed by atoms with Gasteiger partial charge < -0.3 is 15.2 Å². The molecular formula is C22H34N2O3. The molecule has 1 amide bonds. The quantitative estimate of drug-likeness (QED) is 0.719. The van der Waals surface area contributed by atoms with Crippen LogP contribution < -0.4 is 10.1 Å². The van der Waals surface area contributed by atoms with E-state index < -0.39 is 5.60 Å². The molecule has 2 N–H and O–H groups in total. The molecule has 1 aliphatic carbocycles. The number of nitrogens with zero attached hydrogens (tertiary/aromatic N) is 1. The minimum absolute atomic E-state index is 0.0758. The number of likely N-dealkylation sites (tertiary alicyclic amines) is 1. The Hall–Kier alpha value is -1.59. The van der Waals surface area contributed by atoms with E-state index in [1.165, 1.54) is 5.56 Å². The number of hydrogen-bond acceptors (Lipinski definition) is 4. The van der Waals surface area contributed by atoms with Crippen molar-refractivity contribution in [3.05, 3.63) is 29.8 Å². The lowest BCUT2D eigenvalue weighted by Gasteiger charge is -2.52. The molecular weight excluding hydrogens is 340 g/mol. The lowest BCUT2D eigenvalue weighted by molar-refractivity contribution is -0.137. The minimum atomic E-state index is -0.599. The summed E-state index contributed by atoms with van der Waals surface area (Å²) < 4.78 is 5.30. The molecule has 3 atom stereocenters. The van der Waals surface area contributed by atoms with Gasteiger partial charge in [0, 0.05) is 25.0 Å². The van der Waals surface area contributed by atoms with Gasteiger partial charge in [0.2, 0.25) is 5.91 Å². The van der Waals surface area contributed by atoms with E-state index in [1.54, 1.807) is 7.11 Å². The number of benzene rings is 1. The Bertz CT molecular complexity index is 618. The molecule has 2 aliphatic rings. The highest BCUT2D eigenvalue weighted by molar-refractivity contribution is 5.78. The number of aliphatic hydroxyl groups is 1. The van der Waals surface area contributed by atoms with Crippen molar-refractivity contribution in [3.63, 3.8) is 0 Å². The van der Waals surface area contributed by atoms with E-state index in [0.717, 1.165) is 63.8 Å². The van der Waals surface area contributed by atoms with Gasteiger partial charge in [0.05, 0.1) is 19.3 Å². The smallest absolute Gasteiger partial charge is 0.234 e. The first kappa shape index (κ1) is 20.2. The first-order chi connectivity index (χ1) is 13.1. The Morgan fingerprint density at radius 2 is 2.07 bits per heavy atom. The van der Waals surface area contributed by atoms with Crippen LogP contribution in [0, 0.1) is 5.92 Å². The maximum atomic E-state index is 12.5. The van der Waals surface area contributed by atoms with Crippen LogP contribution >= 0.6 is 0 Å². The van der Waals surface area contributed by atoms with E-state index in [-0.39, 0.29) is 17.9 Å². The van der Waals surface area contributed by atoms with Crippen LogP contribution in [0.1, 0.15) is 63.5 Å². The van der Waals surface area contributed by atoms with Gasteiger partial charge in [-0.05, 0) is 43.4 Å². The fraction of sp³-hybridized carbons (Fsp3) is 0.682. The average molecular weight is 375 g/mol. The van der Waals surface area contributed by atoms with Gasteiger partial charge >= 0.3 is 0 Å². The van der Waals surface area contributed by atoms with Crippen LogP contribution in [0.3, 0.4) is 0 Å². The molecule has 1 aromatic carbocycles. The Labute approximate surface area is 163 Å². The second-order valence-corrected chi connectivity index (χ2v) is 8.10. The topological polar surface area (TPSA) is 61.8 Å². The third kappa shape index (κ3) is 4.64. The molecule has 5 heteroatoms. The van der Waals surface area contributed by atoms with Gasteiger partial charge in [-0.25, -0.2) is 0 Å². The number of ether oxygens (including phenoxy) is 1. The maximum Gasteiger partial charge on any atom is 0.234 e. The van der Waals surface area contributed by atoms with Gasteiger partial charge in [-0.15, -0.1) is 0 Å².